The van der Waals surface area contributed by atoms with Crippen molar-refractivity contribution in [3.63, 3.8) is 0 Å². The summed E-state index contributed by atoms with van der Waals surface area (Å²) in [6, 6.07) is 4.35. The lowest BCUT2D eigenvalue weighted by Gasteiger charge is -2.15. The van der Waals surface area contributed by atoms with Gasteiger partial charge in [-0.05, 0) is 19.2 Å². The number of benzene rings is 1. The Bertz CT molecular complexity index is 464. The van der Waals surface area contributed by atoms with Gasteiger partial charge in [0.15, 0.2) is 0 Å². The lowest BCUT2D eigenvalue weighted by Crippen LogP contribution is -2.16. The fraction of sp³-hybridized carbons (Fsp3) is 0.364. The van der Waals surface area contributed by atoms with E-state index in [-0.39, 0.29) is 23.5 Å². The fourth-order valence-corrected chi connectivity index (χ4v) is 2.32. The van der Waals surface area contributed by atoms with Crippen molar-refractivity contribution in [3.05, 3.63) is 33.9 Å². The summed E-state index contributed by atoms with van der Waals surface area (Å²) in [6.45, 7) is 1.90. The van der Waals surface area contributed by atoms with Crippen LogP contribution in [0, 0.1) is 10.1 Å². The van der Waals surface area contributed by atoms with E-state index in [1.165, 1.54) is 18.2 Å². The quantitative estimate of drug-likeness (QED) is 0.381. The van der Waals surface area contributed by atoms with Gasteiger partial charge >= 0.3 is 5.97 Å². The summed E-state index contributed by atoms with van der Waals surface area (Å²) in [4.78, 5) is 22.2. The zero-order valence-electron chi connectivity index (χ0n) is 10.1. The largest absolute Gasteiger partial charge is 0.465 e. The summed E-state index contributed by atoms with van der Waals surface area (Å²) < 4.78 is 4.90. The van der Waals surface area contributed by atoms with Gasteiger partial charge in [-0.15, -0.1) is 11.8 Å². The minimum Gasteiger partial charge on any atom is -0.465 e. The Morgan fingerprint density at radius 1 is 1.61 bits per heavy atom. The maximum atomic E-state index is 11.8. The number of nitro benzene ring substituents is 1. The Labute approximate surface area is 109 Å². The first-order chi connectivity index (χ1) is 8.52. The molecule has 18 heavy (non-hydrogen) atoms. The first-order valence-corrected chi connectivity index (χ1v) is 6.53. The molecular weight excluding hydrogens is 256 g/mol. The molecule has 2 N–H and O–H groups in total. The Morgan fingerprint density at radius 2 is 2.28 bits per heavy atom. The van der Waals surface area contributed by atoms with E-state index in [0.29, 0.717) is 0 Å². The number of rotatable bonds is 5. The molecule has 7 heteroatoms. The highest BCUT2D eigenvalue weighted by molar-refractivity contribution is 7.99. The van der Waals surface area contributed by atoms with Crippen LogP contribution in [-0.2, 0) is 9.53 Å². The number of nitrogens with zero attached hydrogens (tertiary/aromatic N) is 1. The van der Waals surface area contributed by atoms with Crippen LogP contribution < -0.4 is 5.73 Å². The average molecular weight is 270 g/mol. The fourth-order valence-electron chi connectivity index (χ4n) is 1.57. The van der Waals surface area contributed by atoms with Gasteiger partial charge in [-0.1, -0.05) is 6.07 Å². The van der Waals surface area contributed by atoms with Gasteiger partial charge in [0, 0.05) is 11.8 Å². The Morgan fingerprint density at radius 3 is 2.78 bits per heavy atom. The van der Waals surface area contributed by atoms with Crippen molar-refractivity contribution in [2.45, 2.75) is 12.2 Å². The van der Waals surface area contributed by atoms with Gasteiger partial charge < -0.3 is 10.5 Å². The Balaban J connectivity index is 3.28. The molecule has 0 aliphatic heterocycles. The van der Waals surface area contributed by atoms with Crippen LogP contribution in [0.3, 0.4) is 0 Å². The van der Waals surface area contributed by atoms with Crippen molar-refractivity contribution in [1.82, 2.24) is 0 Å². The zero-order chi connectivity index (χ0) is 13.7. The molecule has 1 atom stereocenters. The molecule has 1 aromatic carbocycles. The molecule has 1 aromatic rings. The van der Waals surface area contributed by atoms with Gasteiger partial charge in [0.05, 0.1) is 17.1 Å². The van der Waals surface area contributed by atoms with E-state index in [0.717, 1.165) is 11.8 Å². The van der Waals surface area contributed by atoms with Gasteiger partial charge in [-0.2, -0.15) is 0 Å². The minimum absolute atomic E-state index is 0.164. The number of hydrogen-bond donors (Lipinski definition) is 1. The van der Waals surface area contributed by atoms with Crippen molar-refractivity contribution in [2.24, 2.45) is 0 Å². The summed E-state index contributed by atoms with van der Waals surface area (Å²) in [5.74, 6) is -0.522. The van der Waals surface area contributed by atoms with Gasteiger partial charge in [0.1, 0.15) is 5.25 Å². The van der Waals surface area contributed by atoms with Crippen LogP contribution in [0.2, 0.25) is 0 Å². The molecule has 0 saturated carbocycles. The predicted octanol–water partition coefficient (Wildman–Crippen LogP) is 2.14. The normalized spacial score (nSPS) is 11.9. The number of carbonyl (C=O) groups excluding carboxylic acids is 1. The van der Waals surface area contributed by atoms with Crippen LogP contribution >= 0.6 is 11.8 Å². The molecule has 1 rings (SSSR count). The van der Waals surface area contributed by atoms with E-state index in [9.17, 15) is 14.9 Å². The van der Waals surface area contributed by atoms with Gasteiger partial charge in [-0.25, -0.2) is 0 Å². The molecule has 98 valence electrons. The number of ether oxygens (including phenoxy) is 1. The lowest BCUT2D eigenvalue weighted by molar-refractivity contribution is -0.385. The average Bonchev–Trinajstić information content (AvgIpc) is 2.32. The third-order valence-electron chi connectivity index (χ3n) is 2.31. The zero-order valence-corrected chi connectivity index (χ0v) is 10.9. The SMILES string of the molecule is CCOC(=O)C(SC)c1c(N)cccc1[N+](=O)[O-]. The van der Waals surface area contributed by atoms with E-state index >= 15 is 0 Å². The molecule has 0 radical (unpaired) electrons. The second-order valence-electron chi connectivity index (χ2n) is 3.40. The van der Waals surface area contributed by atoms with Crippen LogP contribution in [0.1, 0.15) is 17.7 Å². The Hall–Kier alpha value is -1.76. The van der Waals surface area contributed by atoms with Crippen LogP contribution in [0.15, 0.2) is 18.2 Å². The molecule has 0 aliphatic rings. The summed E-state index contributed by atoms with van der Waals surface area (Å²) in [6.07, 6.45) is 1.68. The highest BCUT2D eigenvalue weighted by atomic mass is 32.2. The van der Waals surface area contributed by atoms with E-state index in [2.05, 4.69) is 0 Å². The van der Waals surface area contributed by atoms with Crippen molar-refractivity contribution >= 4 is 29.1 Å². The van der Waals surface area contributed by atoms with Crippen LogP contribution in [0.5, 0.6) is 0 Å². The molecule has 0 amide bonds. The monoisotopic (exact) mass is 270 g/mol. The molecule has 0 saturated heterocycles. The number of esters is 1. The number of nitro groups is 1. The first kappa shape index (κ1) is 14.3. The van der Waals surface area contributed by atoms with Crippen molar-refractivity contribution < 1.29 is 14.5 Å². The molecule has 0 aromatic heterocycles. The topological polar surface area (TPSA) is 95.5 Å². The summed E-state index contributed by atoms with van der Waals surface area (Å²) in [5.41, 5.74) is 6.00. The smallest absolute Gasteiger partial charge is 0.323 e. The number of carbonyl (C=O) groups is 1. The molecule has 0 spiro atoms. The predicted molar refractivity (Wildman–Crippen MR) is 70.4 cm³/mol. The third kappa shape index (κ3) is 2.92. The second kappa shape index (κ2) is 6.25. The highest BCUT2D eigenvalue weighted by Crippen LogP contribution is 2.38. The third-order valence-corrected chi connectivity index (χ3v) is 3.21. The lowest BCUT2D eigenvalue weighted by atomic mass is 10.1. The summed E-state index contributed by atoms with van der Waals surface area (Å²) >= 11 is 1.16. The molecular formula is C11H14N2O4S. The van der Waals surface area contributed by atoms with Crippen LogP contribution in [0.25, 0.3) is 0 Å². The van der Waals surface area contributed by atoms with E-state index < -0.39 is 16.1 Å². The van der Waals surface area contributed by atoms with Gasteiger partial charge in [-0.3, -0.25) is 14.9 Å². The molecule has 0 bridgehead atoms. The van der Waals surface area contributed by atoms with Crippen molar-refractivity contribution in [3.8, 4) is 0 Å². The standard InChI is InChI=1S/C11H14N2O4S/c1-3-17-11(14)10(18-2)9-7(12)5-4-6-8(9)13(15)16/h4-6,10H,3,12H2,1-2H3. The number of nitrogen functional groups attached to an aromatic ring is 1. The number of anilines is 1. The number of hydrogen-bond acceptors (Lipinski definition) is 6. The molecule has 0 aliphatic carbocycles. The molecule has 6 nitrogen and oxygen atoms in total. The summed E-state index contributed by atoms with van der Waals surface area (Å²) in [5, 5.41) is 10.2. The maximum Gasteiger partial charge on any atom is 0.323 e. The van der Waals surface area contributed by atoms with E-state index in [1.54, 1.807) is 13.2 Å². The Kier molecular flexibility index (Phi) is 4.96. The first-order valence-electron chi connectivity index (χ1n) is 5.25. The van der Waals surface area contributed by atoms with Crippen molar-refractivity contribution in [2.75, 3.05) is 18.6 Å². The van der Waals surface area contributed by atoms with Crippen LogP contribution in [0.4, 0.5) is 11.4 Å². The summed E-state index contributed by atoms with van der Waals surface area (Å²) in [7, 11) is 0. The van der Waals surface area contributed by atoms with Gasteiger partial charge in [0.25, 0.3) is 5.69 Å². The highest BCUT2D eigenvalue weighted by Gasteiger charge is 2.30. The second-order valence-corrected chi connectivity index (χ2v) is 4.35. The molecule has 0 fully saturated rings. The van der Waals surface area contributed by atoms with E-state index in [1.807, 2.05) is 0 Å². The molecule has 0 heterocycles. The van der Waals surface area contributed by atoms with E-state index in [4.69, 9.17) is 10.5 Å². The van der Waals surface area contributed by atoms with Gasteiger partial charge in [0.2, 0.25) is 0 Å². The number of nitrogens with two attached hydrogens (primary N) is 1. The minimum atomic E-state index is -0.786. The maximum absolute atomic E-state index is 11.8. The molecule has 1 unspecified atom stereocenters. The van der Waals surface area contributed by atoms with Crippen molar-refractivity contribution in [1.29, 1.82) is 0 Å². The van der Waals surface area contributed by atoms with Crippen LogP contribution in [-0.4, -0.2) is 23.8 Å². The number of thioether (sulfide) groups is 1.